The van der Waals surface area contributed by atoms with Crippen molar-refractivity contribution in [3.63, 3.8) is 0 Å². The molecule has 0 fully saturated rings. The standard InChI is InChI=1S/C12H13F4NO2/c13-10-3-1-7(6-9(10)12(14,15)16)5-8(17)2-4-11(18)19/h1,3,6,8H,2,4-5,17H2,(H,18,19). The van der Waals surface area contributed by atoms with E-state index in [0.717, 1.165) is 6.07 Å². The lowest BCUT2D eigenvalue weighted by molar-refractivity contribution is -0.140. The Morgan fingerprint density at radius 3 is 2.53 bits per heavy atom. The zero-order chi connectivity index (χ0) is 14.6. The predicted octanol–water partition coefficient (Wildman–Crippen LogP) is 2.58. The summed E-state index contributed by atoms with van der Waals surface area (Å²) in [7, 11) is 0. The first-order chi connectivity index (χ1) is 8.70. The summed E-state index contributed by atoms with van der Waals surface area (Å²) in [6.45, 7) is 0. The molecule has 0 heterocycles. The van der Waals surface area contributed by atoms with E-state index in [9.17, 15) is 22.4 Å². The van der Waals surface area contributed by atoms with Crippen LogP contribution in [0.2, 0.25) is 0 Å². The van der Waals surface area contributed by atoms with Crippen LogP contribution in [0.5, 0.6) is 0 Å². The highest BCUT2D eigenvalue weighted by Crippen LogP contribution is 2.32. The van der Waals surface area contributed by atoms with Crippen molar-refractivity contribution in [2.24, 2.45) is 5.73 Å². The fraction of sp³-hybridized carbons (Fsp3) is 0.417. The van der Waals surface area contributed by atoms with Crippen LogP contribution in [0.4, 0.5) is 17.6 Å². The number of carboxylic acid groups (broad SMARTS) is 1. The van der Waals surface area contributed by atoms with Crippen molar-refractivity contribution in [2.45, 2.75) is 31.5 Å². The molecule has 1 aromatic carbocycles. The van der Waals surface area contributed by atoms with Gasteiger partial charge in [0.1, 0.15) is 5.82 Å². The number of aliphatic carboxylic acids is 1. The van der Waals surface area contributed by atoms with Crippen LogP contribution >= 0.6 is 0 Å². The summed E-state index contributed by atoms with van der Waals surface area (Å²) in [5, 5.41) is 8.46. The summed E-state index contributed by atoms with van der Waals surface area (Å²) in [6.07, 6.45) is -4.70. The van der Waals surface area contributed by atoms with Gasteiger partial charge in [0, 0.05) is 12.5 Å². The number of carboxylic acids is 1. The smallest absolute Gasteiger partial charge is 0.419 e. The Morgan fingerprint density at radius 2 is 2.00 bits per heavy atom. The number of hydrogen-bond acceptors (Lipinski definition) is 2. The molecule has 0 bridgehead atoms. The van der Waals surface area contributed by atoms with E-state index in [1.54, 1.807) is 0 Å². The molecule has 106 valence electrons. The highest BCUT2D eigenvalue weighted by atomic mass is 19.4. The molecule has 1 atom stereocenters. The number of halogens is 4. The van der Waals surface area contributed by atoms with Gasteiger partial charge >= 0.3 is 12.1 Å². The summed E-state index contributed by atoms with van der Waals surface area (Å²) in [4.78, 5) is 10.3. The summed E-state index contributed by atoms with van der Waals surface area (Å²) in [5.41, 5.74) is 4.50. The number of benzene rings is 1. The molecule has 0 saturated carbocycles. The van der Waals surface area contributed by atoms with Gasteiger partial charge in [0.2, 0.25) is 0 Å². The monoisotopic (exact) mass is 279 g/mol. The first kappa shape index (κ1) is 15.4. The number of nitrogens with two attached hydrogens (primary N) is 1. The molecule has 19 heavy (non-hydrogen) atoms. The van der Waals surface area contributed by atoms with Crippen LogP contribution in [0.1, 0.15) is 24.0 Å². The van der Waals surface area contributed by atoms with Crippen molar-refractivity contribution in [3.8, 4) is 0 Å². The van der Waals surface area contributed by atoms with Gasteiger partial charge in [-0.15, -0.1) is 0 Å². The number of hydrogen-bond donors (Lipinski definition) is 2. The van der Waals surface area contributed by atoms with Gasteiger partial charge < -0.3 is 10.8 Å². The third kappa shape index (κ3) is 4.86. The van der Waals surface area contributed by atoms with Crippen molar-refractivity contribution in [1.29, 1.82) is 0 Å². The van der Waals surface area contributed by atoms with Crippen LogP contribution in [0.3, 0.4) is 0 Å². The van der Waals surface area contributed by atoms with Crippen molar-refractivity contribution < 1.29 is 27.5 Å². The van der Waals surface area contributed by atoms with E-state index < -0.39 is 29.6 Å². The Labute approximate surface area is 107 Å². The van der Waals surface area contributed by atoms with Crippen LogP contribution in [0.15, 0.2) is 18.2 Å². The molecule has 3 N–H and O–H groups in total. The molecule has 3 nitrogen and oxygen atoms in total. The van der Waals surface area contributed by atoms with E-state index in [1.807, 2.05) is 0 Å². The lowest BCUT2D eigenvalue weighted by atomic mass is 10.0. The number of rotatable bonds is 5. The minimum Gasteiger partial charge on any atom is -0.481 e. The average molecular weight is 279 g/mol. The van der Waals surface area contributed by atoms with Gasteiger partial charge in [0.25, 0.3) is 0 Å². The van der Waals surface area contributed by atoms with Gasteiger partial charge in [-0.25, -0.2) is 4.39 Å². The van der Waals surface area contributed by atoms with Gasteiger partial charge in [-0.3, -0.25) is 4.79 Å². The third-order valence-corrected chi connectivity index (χ3v) is 2.56. The van der Waals surface area contributed by atoms with Gasteiger partial charge in [-0.05, 0) is 30.5 Å². The Hall–Kier alpha value is -1.63. The zero-order valence-corrected chi connectivity index (χ0v) is 9.88. The Morgan fingerprint density at radius 1 is 1.37 bits per heavy atom. The van der Waals surface area contributed by atoms with Crippen molar-refractivity contribution in [2.75, 3.05) is 0 Å². The molecule has 0 aliphatic heterocycles. The van der Waals surface area contributed by atoms with E-state index in [-0.39, 0.29) is 24.8 Å². The predicted molar refractivity (Wildman–Crippen MR) is 60.0 cm³/mol. The van der Waals surface area contributed by atoms with Gasteiger partial charge in [0.15, 0.2) is 0 Å². The van der Waals surface area contributed by atoms with Crippen LogP contribution in [-0.2, 0) is 17.4 Å². The largest absolute Gasteiger partial charge is 0.481 e. The maximum atomic E-state index is 13.0. The van der Waals surface area contributed by atoms with E-state index in [1.165, 1.54) is 6.07 Å². The zero-order valence-electron chi connectivity index (χ0n) is 9.88. The van der Waals surface area contributed by atoms with Gasteiger partial charge in [0.05, 0.1) is 5.56 Å². The maximum absolute atomic E-state index is 13.0. The molecular formula is C12H13F4NO2. The lowest BCUT2D eigenvalue weighted by Gasteiger charge is -2.13. The average Bonchev–Trinajstić information content (AvgIpc) is 2.27. The molecule has 0 aliphatic carbocycles. The molecule has 1 aromatic rings. The summed E-state index contributed by atoms with van der Waals surface area (Å²) >= 11 is 0. The molecule has 0 saturated heterocycles. The second-order valence-electron chi connectivity index (χ2n) is 4.21. The third-order valence-electron chi connectivity index (χ3n) is 2.56. The Bertz CT molecular complexity index is 460. The quantitative estimate of drug-likeness (QED) is 0.814. The van der Waals surface area contributed by atoms with Gasteiger partial charge in [-0.1, -0.05) is 6.07 Å². The summed E-state index contributed by atoms with van der Waals surface area (Å²) in [5.74, 6) is -2.36. The minimum absolute atomic E-state index is 0.0661. The van der Waals surface area contributed by atoms with Gasteiger partial charge in [-0.2, -0.15) is 13.2 Å². The van der Waals surface area contributed by atoms with Crippen LogP contribution < -0.4 is 5.73 Å². The number of alkyl halides is 3. The molecule has 0 aliphatic rings. The molecule has 0 spiro atoms. The molecule has 0 amide bonds. The highest BCUT2D eigenvalue weighted by molar-refractivity contribution is 5.66. The van der Waals surface area contributed by atoms with Crippen molar-refractivity contribution in [3.05, 3.63) is 35.1 Å². The number of carbonyl (C=O) groups is 1. The van der Waals surface area contributed by atoms with E-state index >= 15 is 0 Å². The second-order valence-corrected chi connectivity index (χ2v) is 4.21. The van der Waals surface area contributed by atoms with E-state index in [2.05, 4.69) is 0 Å². The van der Waals surface area contributed by atoms with Crippen LogP contribution in [0, 0.1) is 5.82 Å². The van der Waals surface area contributed by atoms with Crippen molar-refractivity contribution >= 4 is 5.97 Å². The fourth-order valence-electron chi connectivity index (χ4n) is 1.63. The molecule has 1 rings (SSSR count). The summed E-state index contributed by atoms with van der Waals surface area (Å²) < 4.78 is 50.4. The molecule has 7 heteroatoms. The summed E-state index contributed by atoms with van der Waals surface area (Å²) in [6, 6.07) is 2.08. The van der Waals surface area contributed by atoms with E-state index in [4.69, 9.17) is 10.8 Å². The molecule has 0 aromatic heterocycles. The molecule has 0 radical (unpaired) electrons. The first-order valence-electron chi connectivity index (χ1n) is 5.53. The lowest BCUT2D eigenvalue weighted by Crippen LogP contribution is -2.24. The normalized spacial score (nSPS) is 13.3. The SMILES string of the molecule is NC(CCC(=O)O)Cc1ccc(F)c(C(F)(F)F)c1. The van der Waals surface area contributed by atoms with Crippen molar-refractivity contribution in [1.82, 2.24) is 0 Å². The van der Waals surface area contributed by atoms with Crippen LogP contribution in [0.25, 0.3) is 0 Å². The first-order valence-corrected chi connectivity index (χ1v) is 5.53. The molecule has 1 unspecified atom stereocenters. The van der Waals surface area contributed by atoms with Crippen LogP contribution in [-0.4, -0.2) is 17.1 Å². The minimum atomic E-state index is -4.76. The molecular weight excluding hydrogens is 266 g/mol. The Balaban J connectivity index is 2.77. The highest BCUT2D eigenvalue weighted by Gasteiger charge is 2.34. The fourth-order valence-corrected chi connectivity index (χ4v) is 1.63. The second kappa shape index (κ2) is 6.01. The Kier molecular flexibility index (Phi) is 4.88. The van der Waals surface area contributed by atoms with E-state index in [0.29, 0.717) is 6.07 Å². The maximum Gasteiger partial charge on any atom is 0.419 e. The topological polar surface area (TPSA) is 63.3 Å².